The van der Waals surface area contributed by atoms with Gasteiger partial charge in [-0.25, -0.2) is 0 Å². The standard InChI is InChI=1S/C15H18O4/c1-10-8-14-4-5-15(17-6-7-18-15)9-11(14)12(19-10)2-3-13(14)16/h4-5,11-12H,1-3,6-9H2/t11-,12+,14+/m1/s1. The summed E-state index contributed by atoms with van der Waals surface area (Å²) in [6.45, 7) is 5.18. The van der Waals surface area contributed by atoms with E-state index in [9.17, 15) is 4.79 Å². The first-order chi connectivity index (χ1) is 9.14. The van der Waals surface area contributed by atoms with Crippen molar-refractivity contribution in [2.45, 2.75) is 37.6 Å². The molecular weight excluding hydrogens is 244 g/mol. The maximum Gasteiger partial charge on any atom is 0.188 e. The second-order valence-electron chi connectivity index (χ2n) is 6.03. The molecule has 102 valence electrons. The van der Waals surface area contributed by atoms with Gasteiger partial charge in [0.05, 0.1) is 24.4 Å². The highest BCUT2D eigenvalue weighted by Crippen LogP contribution is 2.56. The van der Waals surface area contributed by atoms with E-state index in [4.69, 9.17) is 14.2 Å². The van der Waals surface area contributed by atoms with Crippen molar-refractivity contribution < 1.29 is 19.0 Å². The van der Waals surface area contributed by atoms with Gasteiger partial charge in [0.2, 0.25) is 0 Å². The van der Waals surface area contributed by atoms with E-state index in [-0.39, 0.29) is 12.0 Å². The van der Waals surface area contributed by atoms with Crippen molar-refractivity contribution in [2.75, 3.05) is 13.2 Å². The molecule has 4 nitrogen and oxygen atoms in total. The van der Waals surface area contributed by atoms with Crippen molar-refractivity contribution in [3.63, 3.8) is 0 Å². The van der Waals surface area contributed by atoms with Crippen LogP contribution in [-0.2, 0) is 19.0 Å². The van der Waals surface area contributed by atoms with E-state index in [1.54, 1.807) is 0 Å². The molecular formula is C15H18O4. The summed E-state index contributed by atoms with van der Waals surface area (Å²) in [7, 11) is 0. The van der Waals surface area contributed by atoms with Crippen LogP contribution in [0, 0.1) is 11.3 Å². The Morgan fingerprint density at radius 3 is 2.84 bits per heavy atom. The molecule has 1 saturated carbocycles. The molecule has 0 aromatic carbocycles. The molecule has 0 aromatic rings. The first-order valence-electron chi connectivity index (χ1n) is 7.00. The number of carbonyl (C=O) groups excluding carboxylic acids is 1. The van der Waals surface area contributed by atoms with Crippen molar-refractivity contribution in [3.05, 3.63) is 24.5 Å². The zero-order chi connectivity index (χ0) is 13.1. The van der Waals surface area contributed by atoms with Crippen molar-refractivity contribution in [1.82, 2.24) is 0 Å². The van der Waals surface area contributed by atoms with Crippen LogP contribution in [0.5, 0.6) is 0 Å². The van der Waals surface area contributed by atoms with Crippen LogP contribution in [-0.4, -0.2) is 30.9 Å². The van der Waals surface area contributed by atoms with E-state index in [2.05, 4.69) is 6.58 Å². The molecule has 4 rings (SSSR count). The van der Waals surface area contributed by atoms with Gasteiger partial charge in [-0.2, -0.15) is 0 Å². The van der Waals surface area contributed by atoms with Gasteiger partial charge >= 0.3 is 0 Å². The number of ketones is 1. The monoisotopic (exact) mass is 262 g/mol. The zero-order valence-electron chi connectivity index (χ0n) is 10.9. The molecule has 2 heterocycles. The summed E-state index contributed by atoms with van der Waals surface area (Å²) >= 11 is 0. The SMILES string of the molecule is C=C1C[C@@]23C=CC4(C[C@@H]2[C@H](CCC3=O)O1)OCCO4. The van der Waals surface area contributed by atoms with E-state index < -0.39 is 11.2 Å². The Kier molecular flexibility index (Phi) is 2.28. The molecule has 0 amide bonds. The maximum atomic E-state index is 12.5. The molecule has 0 aromatic heterocycles. The molecule has 2 bridgehead atoms. The van der Waals surface area contributed by atoms with E-state index in [1.165, 1.54) is 0 Å². The molecule has 4 heteroatoms. The van der Waals surface area contributed by atoms with Crippen LogP contribution < -0.4 is 0 Å². The predicted molar refractivity (Wildman–Crippen MR) is 67.2 cm³/mol. The van der Waals surface area contributed by atoms with Crippen LogP contribution in [0.1, 0.15) is 25.7 Å². The summed E-state index contributed by atoms with van der Waals surface area (Å²) < 4.78 is 17.4. The minimum absolute atomic E-state index is 0.0774. The molecule has 0 radical (unpaired) electrons. The lowest BCUT2D eigenvalue weighted by molar-refractivity contribution is -0.182. The van der Waals surface area contributed by atoms with Crippen LogP contribution >= 0.6 is 0 Å². The first kappa shape index (κ1) is 11.7. The van der Waals surface area contributed by atoms with E-state index in [0.29, 0.717) is 38.3 Å². The Bertz CT molecular complexity index is 475. The Balaban J connectivity index is 1.78. The lowest BCUT2D eigenvalue weighted by Gasteiger charge is -2.53. The molecule has 0 N–H and O–H groups in total. The van der Waals surface area contributed by atoms with Gasteiger partial charge in [0, 0.05) is 25.2 Å². The summed E-state index contributed by atoms with van der Waals surface area (Å²) in [5, 5.41) is 0. The van der Waals surface area contributed by atoms with Gasteiger partial charge < -0.3 is 14.2 Å². The minimum atomic E-state index is -0.619. The number of Topliss-reactive ketones (excluding diaryl/α,β-unsaturated/α-hetero) is 1. The van der Waals surface area contributed by atoms with Crippen LogP contribution in [0.3, 0.4) is 0 Å². The lowest BCUT2D eigenvalue weighted by Crippen LogP contribution is -2.56. The average Bonchev–Trinajstić information content (AvgIpc) is 2.83. The highest BCUT2D eigenvalue weighted by atomic mass is 16.7. The summed E-state index contributed by atoms with van der Waals surface area (Å²) in [5.74, 6) is 0.597. The highest BCUT2D eigenvalue weighted by Gasteiger charge is 2.59. The van der Waals surface area contributed by atoms with Crippen LogP contribution in [0.4, 0.5) is 0 Å². The molecule has 3 atom stereocenters. The summed E-state index contributed by atoms with van der Waals surface area (Å²) in [4.78, 5) is 12.5. The molecule has 3 fully saturated rings. The summed E-state index contributed by atoms with van der Waals surface area (Å²) in [5.41, 5.74) is -0.418. The van der Waals surface area contributed by atoms with Crippen molar-refractivity contribution >= 4 is 5.78 Å². The molecule has 2 aliphatic heterocycles. The Morgan fingerprint density at radius 2 is 2.05 bits per heavy atom. The highest BCUT2D eigenvalue weighted by molar-refractivity contribution is 5.89. The topological polar surface area (TPSA) is 44.8 Å². The number of carbonyl (C=O) groups is 1. The van der Waals surface area contributed by atoms with Crippen LogP contribution in [0.15, 0.2) is 24.5 Å². The molecule has 1 spiro atoms. The first-order valence-corrected chi connectivity index (χ1v) is 7.00. The van der Waals surface area contributed by atoms with E-state index in [1.807, 2.05) is 12.2 Å². The largest absolute Gasteiger partial charge is 0.495 e. The molecule has 2 aliphatic carbocycles. The fourth-order valence-electron chi connectivity index (χ4n) is 4.12. The van der Waals surface area contributed by atoms with Crippen LogP contribution in [0.2, 0.25) is 0 Å². The molecule has 4 aliphatic rings. The van der Waals surface area contributed by atoms with Crippen molar-refractivity contribution in [1.29, 1.82) is 0 Å². The van der Waals surface area contributed by atoms with Crippen molar-refractivity contribution in [2.24, 2.45) is 11.3 Å². The van der Waals surface area contributed by atoms with Gasteiger partial charge in [-0.05, 0) is 12.5 Å². The number of allylic oxidation sites excluding steroid dienone is 2. The van der Waals surface area contributed by atoms with Gasteiger partial charge in [-0.15, -0.1) is 0 Å². The van der Waals surface area contributed by atoms with Crippen LogP contribution in [0.25, 0.3) is 0 Å². The number of hydrogen-bond donors (Lipinski definition) is 0. The van der Waals surface area contributed by atoms with Gasteiger partial charge in [-0.3, -0.25) is 4.79 Å². The van der Waals surface area contributed by atoms with Gasteiger partial charge in [0.15, 0.2) is 5.79 Å². The number of rotatable bonds is 0. The normalized spacial score (nSPS) is 43.2. The predicted octanol–water partition coefficient (Wildman–Crippen LogP) is 1.96. The van der Waals surface area contributed by atoms with E-state index >= 15 is 0 Å². The third-order valence-corrected chi connectivity index (χ3v) is 5.01. The number of ether oxygens (including phenoxy) is 3. The Morgan fingerprint density at radius 1 is 1.26 bits per heavy atom. The zero-order valence-corrected chi connectivity index (χ0v) is 10.9. The quantitative estimate of drug-likeness (QED) is 0.626. The molecule has 19 heavy (non-hydrogen) atoms. The Labute approximate surface area is 112 Å². The third kappa shape index (κ3) is 1.50. The van der Waals surface area contributed by atoms with E-state index in [0.717, 1.165) is 12.2 Å². The fourth-order valence-corrected chi connectivity index (χ4v) is 4.12. The maximum absolute atomic E-state index is 12.5. The smallest absolute Gasteiger partial charge is 0.188 e. The van der Waals surface area contributed by atoms with Crippen molar-refractivity contribution in [3.8, 4) is 0 Å². The fraction of sp³-hybridized carbons (Fsp3) is 0.667. The summed E-state index contributed by atoms with van der Waals surface area (Å²) in [6, 6.07) is 0. The third-order valence-electron chi connectivity index (χ3n) is 5.01. The second kappa shape index (κ2) is 3.70. The van der Waals surface area contributed by atoms with Gasteiger partial charge in [0.1, 0.15) is 11.9 Å². The average molecular weight is 262 g/mol. The summed E-state index contributed by atoms with van der Waals surface area (Å²) in [6.07, 6.45) is 6.77. The molecule has 2 saturated heterocycles. The Hall–Kier alpha value is -1.13. The lowest BCUT2D eigenvalue weighted by atomic mass is 9.56. The van der Waals surface area contributed by atoms with Gasteiger partial charge in [0.25, 0.3) is 0 Å². The minimum Gasteiger partial charge on any atom is -0.495 e. The molecule has 0 unspecified atom stereocenters. The second-order valence-corrected chi connectivity index (χ2v) is 6.03. The van der Waals surface area contributed by atoms with Gasteiger partial charge in [-0.1, -0.05) is 12.7 Å². The number of hydrogen-bond acceptors (Lipinski definition) is 4.